The van der Waals surface area contributed by atoms with Crippen molar-refractivity contribution in [2.45, 2.75) is 19.7 Å². The molecule has 1 aliphatic rings. The van der Waals surface area contributed by atoms with Gasteiger partial charge in [-0.1, -0.05) is 12.1 Å². The summed E-state index contributed by atoms with van der Waals surface area (Å²) >= 11 is 0. The molecular weight excluding hydrogens is 337 g/mol. The third-order valence-electron chi connectivity index (χ3n) is 4.04. The summed E-state index contributed by atoms with van der Waals surface area (Å²) in [5, 5.41) is 6.41. The summed E-state index contributed by atoms with van der Waals surface area (Å²) in [6.45, 7) is 1.53. The number of benzene rings is 2. The van der Waals surface area contributed by atoms with Crippen molar-refractivity contribution in [2.75, 3.05) is 21.0 Å². The van der Waals surface area contributed by atoms with Crippen molar-refractivity contribution in [2.24, 2.45) is 4.99 Å². The van der Waals surface area contributed by atoms with Crippen molar-refractivity contribution < 1.29 is 18.6 Å². The number of rotatable bonds is 5. The molecule has 2 N–H and O–H groups in total. The van der Waals surface area contributed by atoms with Gasteiger partial charge in [0.1, 0.15) is 17.3 Å². The van der Waals surface area contributed by atoms with E-state index in [1.165, 1.54) is 12.1 Å². The van der Waals surface area contributed by atoms with Gasteiger partial charge in [-0.05, 0) is 29.8 Å². The van der Waals surface area contributed by atoms with E-state index in [1.807, 2.05) is 24.3 Å². The summed E-state index contributed by atoms with van der Waals surface area (Å²) in [4.78, 5) is 4.20. The molecule has 2 aromatic rings. The van der Waals surface area contributed by atoms with Crippen LogP contribution in [0.25, 0.3) is 0 Å². The lowest BCUT2D eigenvalue weighted by atomic mass is 10.1. The maximum absolute atomic E-state index is 13.8. The number of ether oxygens (including phenoxy) is 3. The van der Waals surface area contributed by atoms with Gasteiger partial charge in [-0.2, -0.15) is 0 Å². The van der Waals surface area contributed by atoms with E-state index in [0.29, 0.717) is 37.0 Å². The zero-order valence-corrected chi connectivity index (χ0v) is 14.8. The summed E-state index contributed by atoms with van der Waals surface area (Å²) in [7, 11) is 3.33. The molecule has 3 rings (SSSR count). The highest BCUT2D eigenvalue weighted by Gasteiger charge is 2.17. The van der Waals surface area contributed by atoms with Crippen molar-refractivity contribution in [3.8, 4) is 11.5 Å². The monoisotopic (exact) mass is 359 g/mol. The zero-order valence-electron chi connectivity index (χ0n) is 14.8. The molecular formula is C19H22FN3O3. The summed E-state index contributed by atoms with van der Waals surface area (Å²) in [6.07, 6.45) is 0. The predicted octanol–water partition coefficient (Wildman–Crippen LogP) is 2.57. The van der Waals surface area contributed by atoms with Crippen LogP contribution in [0, 0.1) is 5.82 Å². The van der Waals surface area contributed by atoms with Crippen LogP contribution in [0.1, 0.15) is 16.7 Å². The van der Waals surface area contributed by atoms with Gasteiger partial charge in [0.15, 0.2) is 12.8 Å². The molecule has 2 aromatic carbocycles. The Morgan fingerprint density at radius 1 is 1.19 bits per heavy atom. The quantitative estimate of drug-likeness (QED) is 0.635. The molecule has 0 radical (unpaired) electrons. The Kier molecular flexibility index (Phi) is 5.91. The summed E-state index contributed by atoms with van der Waals surface area (Å²) in [6, 6.07) is 10.7. The van der Waals surface area contributed by atoms with Crippen LogP contribution in [0.4, 0.5) is 4.39 Å². The van der Waals surface area contributed by atoms with E-state index in [0.717, 1.165) is 16.9 Å². The molecule has 0 spiro atoms. The number of nitrogens with one attached hydrogen (secondary N) is 2. The molecule has 0 aliphatic carbocycles. The van der Waals surface area contributed by atoms with Crippen molar-refractivity contribution in [3.05, 3.63) is 58.9 Å². The highest BCUT2D eigenvalue weighted by Crippen LogP contribution is 2.29. The molecule has 0 saturated carbocycles. The van der Waals surface area contributed by atoms with E-state index in [2.05, 4.69) is 15.6 Å². The Hall–Kier alpha value is -2.80. The third-order valence-corrected chi connectivity index (χ3v) is 4.04. The minimum absolute atomic E-state index is 0.177. The van der Waals surface area contributed by atoms with Crippen LogP contribution < -0.4 is 20.1 Å². The minimum atomic E-state index is -0.309. The fourth-order valence-corrected chi connectivity index (χ4v) is 2.72. The summed E-state index contributed by atoms with van der Waals surface area (Å²) in [5.41, 5.74) is 2.54. The minimum Gasteiger partial charge on any atom is -0.497 e. The van der Waals surface area contributed by atoms with Crippen LogP contribution in [-0.4, -0.2) is 26.9 Å². The first-order chi connectivity index (χ1) is 12.7. The average Bonchev–Trinajstić information content (AvgIpc) is 2.68. The van der Waals surface area contributed by atoms with Crippen molar-refractivity contribution in [1.82, 2.24) is 10.6 Å². The van der Waals surface area contributed by atoms with Gasteiger partial charge in [0.05, 0.1) is 13.7 Å². The molecule has 0 amide bonds. The number of nitrogens with zero attached hydrogens (tertiary/aromatic N) is 1. The lowest BCUT2D eigenvalue weighted by Gasteiger charge is -2.21. The van der Waals surface area contributed by atoms with Crippen molar-refractivity contribution in [1.29, 1.82) is 0 Å². The Labute approximate surface area is 152 Å². The number of fused-ring (bicyclic) bond motifs is 1. The van der Waals surface area contributed by atoms with E-state index in [-0.39, 0.29) is 12.6 Å². The molecule has 0 fully saturated rings. The highest BCUT2D eigenvalue weighted by molar-refractivity contribution is 5.79. The van der Waals surface area contributed by atoms with E-state index < -0.39 is 0 Å². The Morgan fingerprint density at radius 3 is 2.69 bits per heavy atom. The Bertz CT molecular complexity index is 778. The van der Waals surface area contributed by atoms with E-state index in [9.17, 15) is 4.39 Å². The number of guanidine groups is 1. The van der Waals surface area contributed by atoms with Crippen molar-refractivity contribution in [3.63, 3.8) is 0 Å². The normalized spacial score (nSPS) is 13.6. The van der Waals surface area contributed by atoms with Crippen LogP contribution in [-0.2, 0) is 24.4 Å². The number of halogens is 1. The predicted molar refractivity (Wildman–Crippen MR) is 96.7 cm³/mol. The van der Waals surface area contributed by atoms with E-state index >= 15 is 0 Å². The number of aliphatic imine (C=N–C) groups is 1. The first-order valence-electron chi connectivity index (χ1n) is 8.29. The number of hydrogen-bond acceptors (Lipinski definition) is 4. The van der Waals surface area contributed by atoms with Crippen LogP contribution in [0.3, 0.4) is 0 Å². The van der Waals surface area contributed by atoms with Gasteiger partial charge in [-0.3, -0.25) is 4.99 Å². The van der Waals surface area contributed by atoms with Crippen LogP contribution in [0.5, 0.6) is 11.5 Å². The number of hydrogen-bond donors (Lipinski definition) is 2. The standard InChI is InChI=1S/C19H22FN3O3/c1-21-19(22-9-13-3-5-17(24-2)6-4-13)23-10-14-7-16(20)8-15-11-25-12-26-18(14)15/h3-8H,9-12H2,1-2H3,(H2,21,22,23). The maximum Gasteiger partial charge on any atom is 0.191 e. The lowest BCUT2D eigenvalue weighted by Crippen LogP contribution is -2.36. The van der Waals surface area contributed by atoms with E-state index in [4.69, 9.17) is 14.2 Å². The van der Waals surface area contributed by atoms with Gasteiger partial charge in [0.25, 0.3) is 0 Å². The molecule has 7 heteroatoms. The fourth-order valence-electron chi connectivity index (χ4n) is 2.72. The zero-order chi connectivity index (χ0) is 18.4. The number of methoxy groups -OCH3 is 1. The fraction of sp³-hybridized carbons (Fsp3) is 0.316. The molecule has 0 bridgehead atoms. The van der Waals surface area contributed by atoms with Crippen LogP contribution in [0.15, 0.2) is 41.4 Å². The second-order valence-electron chi connectivity index (χ2n) is 5.79. The van der Waals surface area contributed by atoms with Gasteiger partial charge in [-0.15, -0.1) is 0 Å². The molecule has 26 heavy (non-hydrogen) atoms. The first kappa shape index (κ1) is 18.0. The van der Waals surface area contributed by atoms with Gasteiger partial charge < -0.3 is 24.8 Å². The van der Waals surface area contributed by atoms with Crippen LogP contribution in [0.2, 0.25) is 0 Å². The topological polar surface area (TPSA) is 64.1 Å². The molecule has 6 nitrogen and oxygen atoms in total. The summed E-state index contributed by atoms with van der Waals surface area (Å²) < 4.78 is 29.7. The summed E-state index contributed by atoms with van der Waals surface area (Å²) in [5.74, 6) is 1.80. The molecule has 0 unspecified atom stereocenters. The lowest BCUT2D eigenvalue weighted by molar-refractivity contribution is -0.0172. The Balaban J connectivity index is 1.60. The highest BCUT2D eigenvalue weighted by atomic mass is 19.1. The molecule has 138 valence electrons. The van der Waals surface area contributed by atoms with Gasteiger partial charge in [-0.25, -0.2) is 4.39 Å². The van der Waals surface area contributed by atoms with E-state index in [1.54, 1.807) is 14.2 Å². The Morgan fingerprint density at radius 2 is 1.96 bits per heavy atom. The molecule has 1 aliphatic heterocycles. The smallest absolute Gasteiger partial charge is 0.191 e. The third kappa shape index (κ3) is 4.43. The maximum atomic E-state index is 13.8. The van der Waals surface area contributed by atoms with Gasteiger partial charge in [0, 0.05) is 31.3 Å². The largest absolute Gasteiger partial charge is 0.497 e. The second kappa shape index (κ2) is 8.53. The molecule has 1 heterocycles. The molecule has 0 atom stereocenters. The van der Waals surface area contributed by atoms with Crippen molar-refractivity contribution >= 4 is 5.96 Å². The SMILES string of the molecule is CN=C(NCc1ccc(OC)cc1)NCc1cc(F)cc2c1OCOC2. The molecule has 0 aromatic heterocycles. The van der Waals surface area contributed by atoms with Crippen LogP contribution >= 0.6 is 0 Å². The van der Waals surface area contributed by atoms with Gasteiger partial charge >= 0.3 is 0 Å². The first-order valence-corrected chi connectivity index (χ1v) is 8.29. The molecule has 0 saturated heterocycles. The second-order valence-corrected chi connectivity index (χ2v) is 5.79. The van der Waals surface area contributed by atoms with Gasteiger partial charge in [0.2, 0.25) is 0 Å². The average molecular weight is 359 g/mol.